The molecule has 1 saturated heterocycles. The summed E-state index contributed by atoms with van der Waals surface area (Å²) in [5.74, 6) is 0.177. The lowest BCUT2D eigenvalue weighted by atomic mass is 9.73. The Labute approximate surface area is 236 Å². The van der Waals surface area contributed by atoms with E-state index in [0.29, 0.717) is 35.5 Å². The third kappa shape index (κ3) is 8.00. The van der Waals surface area contributed by atoms with Crippen LogP contribution in [0.25, 0.3) is 10.2 Å². The van der Waals surface area contributed by atoms with Gasteiger partial charge in [-0.3, -0.25) is 4.79 Å². The van der Waals surface area contributed by atoms with Crippen LogP contribution in [0, 0.1) is 0 Å². The zero-order chi connectivity index (χ0) is 28.0. The van der Waals surface area contributed by atoms with Gasteiger partial charge in [0.05, 0.1) is 11.1 Å². The monoisotopic (exact) mass is 557 g/mol. The van der Waals surface area contributed by atoms with Crippen molar-refractivity contribution in [1.82, 2.24) is 15.2 Å². The summed E-state index contributed by atoms with van der Waals surface area (Å²) >= 11 is 1.31. The lowest BCUT2D eigenvalue weighted by molar-refractivity contribution is 0.0186. The van der Waals surface area contributed by atoms with E-state index in [0.717, 1.165) is 67.3 Å². The predicted molar refractivity (Wildman–Crippen MR) is 160 cm³/mol. The van der Waals surface area contributed by atoms with Crippen LogP contribution in [0.3, 0.4) is 0 Å². The van der Waals surface area contributed by atoms with Crippen molar-refractivity contribution >= 4 is 52.4 Å². The van der Waals surface area contributed by atoms with Crippen LogP contribution < -0.4 is 16.4 Å². The first kappa shape index (κ1) is 29.5. The van der Waals surface area contributed by atoms with Gasteiger partial charge in [0.25, 0.3) is 13.4 Å². The van der Waals surface area contributed by atoms with E-state index < -0.39 is 5.60 Å². The molecule has 214 valence electrons. The van der Waals surface area contributed by atoms with E-state index in [4.69, 9.17) is 10.5 Å². The molecule has 2 fully saturated rings. The smallest absolute Gasteiger partial charge is 0.410 e. The molecule has 3 atom stereocenters. The summed E-state index contributed by atoms with van der Waals surface area (Å²) in [4.78, 5) is 33.3. The van der Waals surface area contributed by atoms with E-state index in [1.807, 2.05) is 26.8 Å². The number of likely N-dealkylation sites (tertiary alicyclic amines) is 1. The minimum absolute atomic E-state index is 0.167. The molecule has 3 heterocycles. The van der Waals surface area contributed by atoms with E-state index in [-0.39, 0.29) is 25.5 Å². The Balaban J connectivity index is 1.44. The van der Waals surface area contributed by atoms with Crippen LogP contribution in [0.4, 0.5) is 16.2 Å². The normalized spacial score (nSPS) is 23.2. The molecule has 2 aliphatic rings. The molecule has 1 aliphatic carbocycles. The van der Waals surface area contributed by atoms with Crippen molar-refractivity contribution in [3.8, 4) is 0 Å². The molecule has 2 amide bonds. The van der Waals surface area contributed by atoms with E-state index in [1.54, 1.807) is 11.1 Å². The first-order chi connectivity index (χ1) is 18.6. The SMILES string of the molecule is CC(C)(C)OC(=O)N1CCCC(NC(=O)c2sc3nccc(NC4CCCCCC(BO)CCC4)c3c2N)C1. The highest BCUT2D eigenvalue weighted by molar-refractivity contribution is 7.21. The number of pyridine rings is 1. The first-order valence-corrected chi connectivity index (χ1v) is 15.3. The maximum Gasteiger partial charge on any atom is 0.410 e. The number of nitrogens with zero attached hydrogens (tertiary/aromatic N) is 2. The Morgan fingerprint density at radius 2 is 1.82 bits per heavy atom. The number of amides is 2. The van der Waals surface area contributed by atoms with Crippen molar-refractivity contribution in [1.29, 1.82) is 0 Å². The molecule has 0 bridgehead atoms. The molecule has 0 spiro atoms. The average molecular weight is 558 g/mol. The third-order valence-electron chi connectivity index (χ3n) is 7.69. The van der Waals surface area contributed by atoms with Crippen LogP contribution in [0.2, 0.25) is 5.82 Å². The average Bonchev–Trinajstić information content (AvgIpc) is 3.24. The topological polar surface area (TPSA) is 130 Å². The molecule has 5 N–H and O–H groups in total. The summed E-state index contributed by atoms with van der Waals surface area (Å²) in [5.41, 5.74) is 7.40. The zero-order valence-corrected chi connectivity index (χ0v) is 24.4. The second kappa shape index (κ2) is 13.2. The summed E-state index contributed by atoms with van der Waals surface area (Å²) in [6.07, 6.45) is 11.9. The number of carbonyl (C=O) groups is 2. The lowest BCUT2D eigenvalue weighted by Gasteiger charge is -2.34. The number of hydrogen-bond donors (Lipinski definition) is 4. The number of nitrogens with one attached hydrogen (secondary N) is 2. The summed E-state index contributed by atoms with van der Waals surface area (Å²) in [6, 6.07) is 2.09. The highest BCUT2D eigenvalue weighted by Gasteiger charge is 2.30. The van der Waals surface area contributed by atoms with Crippen LogP contribution in [0.5, 0.6) is 0 Å². The van der Waals surface area contributed by atoms with Gasteiger partial charge in [0.15, 0.2) is 0 Å². The summed E-state index contributed by atoms with van der Waals surface area (Å²) in [5, 5.41) is 17.3. The van der Waals surface area contributed by atoms with Crippen molar-refractivity contribution in [3.63, 3.8) is 0 Å². The van der Waals surface area contributed by atoms with Gasteiger partial charge in [-0.2, -0.15) is 0 Å². The van der Waals surface area contributed by atoms with E-state index in [2.05, 4.69) is 15.6 Å². The van der Waals surface area contributed by atoms with Crippen molar-refractivity contribution < 1.29 is 19.3 Å². The predicted octanol–water partition coefficient (Wildman–Crippen LogP) is 5.06. The number of ether oxygens (including phenoxy) is 1. The quantitative estimate of drug-likeness (QED) is 0.379. The molecule has 4 rings (SSSR count). The van der Waals surface area contributed by atoms with Crippen LogP contribution in [-0.2, 0) is 4.74 Å². The molecule has 2 aromatic heterocycles. The Kier molecular flexibility index (Phi) is 9.98. The van der Waals surface area contributed by atoms with Gasteiger partial charge in [0, 0.05) is 37.1 Å². The van der Waals surface area contributed by atoms with E-state index in [1.165, 1.54) is 24.2 Å². The Morgan fingerprint density at radius 3 is 2.59 bits per heavy atom. The van der Waals surface area contributed by atoms with Gasteiger partial charge in [-0.15, -0.1) is 11.3 Å². The molecular weight excluding hydrogens is 513 g/mol. The fourth-order valence-corrected chi connectivity index (χ4v) is 6.65. The second-order valence-electron chi connectivity index (χ2n) is 12.1. The van der Waals surface area contributed by atoms with Gasteiger partial charge in [-0.25, -0.2) is 9.78 Å². The van der Waals surface area contributed by atoms with Gasteiger partial charge in [-0.1, -0.05) is 38.5 Å². The molecule has 9 nitrogen and oxygen atoms in total. The number of piperidine rings is 1. The van der Waals surface area contributed by atoms with Crippen molar-refractivity contribution in [3.05, 3.63) is 17.1 Å². The highest BCUT2D eigenvalue weighted by Crippen LogP contribution is 2.38. The van der Waals surface area contributed by atoms with Gasteiger partial charge in [0.2, 0.25) is 0 Å². The third-order valence-corrected chi connectivity index (χ3v) is 8.80. The van der Waals surface area contributed by atoms with Crippen LogP contribution in [0.15, 0.2) is 12.3 Å². The molecular formula is C28H44BN5O4S. The standard InChI is InChI=1S/C28H44BN5O4S/c1-28(2,3)38-27(36)34-16-8-13-20(17-34)33-25(35)24-23(30)22-21(14-15-31-26(22)39-24)32-19-11-6-4-5-9-18(29-37)10-7-12-19/h14-15,18-20,29,37H,4-13,16-17,30H2,1-3H3,(H,31,32)(H,33,35). The molecule has 2 aromatic rings. The van der Waals surface area contributed by atoms with Crippen LogP contribution in [-0.4, -0.2) is 65.2 Å². The van der Waals surface area contributed by atoms with Gasteiger partial charge >= 0.3 is 6.09 Å². The number of thiophene rings is 1. The molecule has 11 heteroatoms. The van der Waals surface area contributed by atoms with Crippen molar-refractivity contribution in [2.45, 2.75) is 108 Å². The molecule has 1 saturated carbocycles. The molecule has 0 radical (unpaired) electrons. The molecule has 3 unspecified atom stereocenters. The highest BCUT2D eigenvalue weighted by atomic mass is 32.1. The Bertz CT molecular complexity index is 1140. The molecule has 0 aromatic carbocycles. The van der Waals surface area contributed by atoms with Crippen molar-refractivity contribution in [2.24, 2.45) is 0 Å². The molecule has 39 heavy (non-hydrogen) atoms. The number of nitrogens with two attached hydrogens (primary N) is 1. The largest absolute Gasteiger partial charge is 0.454 e. The van der Waals surface area contributed by atoms with E-state index >= 15 is 0 Å². The Hall–Kier alpha value is -2.53. The van der Waals surface area contributed by atoms with E-state index in [9.17, 15) is 14.6 Å². The number of carbonyl (C=O) groups excluding carboxylic acids is 2. The zero-order valence-electron chi connectivity index (χ0n) is 23.6. The number of anilines is 2. The summed E-state index contributed by atoms with van der Waals surface area (Å²) in [7, 11) is 0.277. The Morgan fingerprint density at radius 1 is 1.10 bits per heavy atom. The minimum Gasteiger partial charge on any atom is -0.454 e. The fourth-order valence-electron chi connectivity index (χ4n) is 5.66. The first-order valence-electron chi connectivity index (χ1n) is 14.5. The number of aromatic nitrogens is 1. The number of fused-ring (bicyclic) bond motifs is 1. The minimum atomic E-state index is -0.562. The summed E-state index contributed by atoms with van der Waals surface area (Å²) < 4.78 is 5.52. The second-order valence-corrected chi connectivity index (χ2v) is 13.1. The number of hydrogen-bond acceptors (Lipinski definition) is 8. The maximum atomic E-state index is 13.3. The van der Waals surface area contributed by atoms with Gasteiger partial charge in [0.1, 0.15) is 15.3 Å². The number of rotatable bonds is 5. The summed E-state index contributed by atoms with van der Waals surface area (Å²) in [6.45, 7) is 6.58. The van der Waals surface area contributed by atoms with Gasteiger partial charge < -0.3 is 31.0 Å². The van der Waals surface area contributed by atoms with Crippen molar-refractivity contribution in [2.75, 3.05) is 24.1 Å². The fraction of sp³-hybridized carbons (Fsp3) is 0.679. The lowest BCUT2D eigenvalue weighted by Crippen LogP contribution is -2.50. The maximum absolute atomic E-state index is 13.3. The van der Waals surface area contributed by atoms with Crippen LogP contribution >= 0.6 is 11.3 Å². The van der Waals surface area contributed by atoms with Gasteiger partial charge in [-0.05, 0) is 58.3 Å². The van der Waals surface area contributed by atoms with Crippen LogP contribution in [0.1, 0.15) is 94.7 Å². The molecule has 1 aliphatic heterocycles. The number of nitrogen functional groups attached to an aromatic ring is 1.